The predicted octanol–water partition coefficient (Wildman–Crippen LogP) is 2.28. The van der Waals surface area contributed by atoms with Crippen LogP contribution >= 0.6 is 11.8 Å². The Morgan fingerprint density at radius 1 is 1.25 bits per heavy atom. The van der Waals surface area contributed by atoms with Gasteiger partial charge in [-0.1, -0.05) is 18.2 Å². The molecule has 16 heavy (non-hydrogen) atoms. The number of benzene rings is 1. The van der Waals surface area contributed by atoms with Crippen LogP contribution in [0.5, 0.6) is 0 Å². The lowest BCUT2D eigenvalue weighted by Gasteiger charge is -2.35. The van der Waals surface area contributed by atoms with E-state index in [0.717, 1.165) is 18.2 Å². The summed E-state index contributed by atoms with van der Waals surface area (Å²) >= 11 is 1.98. The second kappa shape index (κ2) is 6.28. The van der Waals surface area contributed by atoms with Gasteiger partial charge in [0.2, 0.25) is 0 Å². The summed E-state index contributed by atoms with van der Waals surface area (Å²) in [5.74, 6) is 0. The molecule has 3 heteroatoms. The largest absolute Gasteiger partial charge is 0.396 e. The Bertz CT molecular complexity index is 298. The highest BCUT2D eigenvalue weighted by molar-refractivity contribution is 8.00. The first-order valence-electron chi connectivity index (χ1n) is 5.94. The summed E-state index contributed by atoms with van der Waals surface area (Å²) in [4.78, 5) is 1.38. The van der Waals surface area contributed by atoms with Gasteiger partial charge in [0, 0.05) is 22.8 Å². The summed E-state index contributed by atoms with van der Waals surface area (Å²) in [5.41, 5.74) is 0. The number of aliphatic hydroxyl groups is 1. The van der Waals surface area contributed by atoms with Gasteiger partial charge in [-0.2, -0.15) is 0 Å². The van der Waals surface area contributed by atoms with Crippen LogP contribution in [0.4, 0.5) is 0 Å². The number of rotatable bonds is 6. The summed E-state index contributed by atoms with van der Waals surface area (Å²) in [6.45, 7) is 1.24. The van der Waals surface area contributed by atoms with E-state index in [0.29, 0.717) is 12.6 Å². The van der Waals surface area contributed by atoms with Crippen LogP contribution in [0.2, 0.25) is 0 Å². The smallest absolute Gasteiger partial charge is 0.0443 e. The summed E-state index contributed by atoms with van der Waals surface area (Å²) in [7, 11) is 0. The molecule has 0 heterocycles. The Hall–Kier alpha value is -0.510. The Kier molecular flexibility index (Phi) is 4.69. The lowest BCUT2D eigenvalue weighted by atomic mass is 9.92. The lowest BCUT2D eigenvalue weighted by Crippen LogP contribution is -2.43. The fraction of sp³-hybridized carbons (Fsp3) is 0.538. The summed E-state index contributed by atoms with van der Waals surface area (Å²) in [5, 5.41) is 12.9. The first kappa shape index (κ1) is 12.0. The minimum atomic E-state index is 0.294. The molecule has 88 valence electrons. The van der Waals surface area contributed by atoms with E-state index in [2.05, 4.69) is 35.6 Å². The molecule has 2 N–H and O–H groups in total. The van der Waals surface area contributed by atoms with E-state index in [-0.39, 0.29) is 0 Å². The number of thioether (sulfide) groups is 1. The summed E-state index contributed by atoms with van der Waals surface area (Å²) < 4.78 is 0. The van der Waals surface area contributed by atoms with Crippen molar-refractivity contribution < 1.29 is 5.11 Å². The van der Waals surface area contributed by atoms with Gasteiger partial charge in [0.1, 0.15) is 0 Å². The first-order valence-corrected chi connectivity index (χ1v) is 6.82. The van der Waals surface area contributed by atoms with Crippen molar-refractivity contribution in [3.63, 3.8) is 0 Å². The van der Waals surface area contributed by atoms with E-state index in [9.17, 15) is 0 Å². The van der Waals surface area contributed by atoms with Crippen LogP contribution in [-0.4, -0.2) is 29.5 Å². The van der Waals surface area contributed by atoms with E-state index >= 15 is 0 Å². The average molecular weight is 237 g/mol. The predicted molar refractivity (Wildman–Crippen MR) is 68.8 cm³/mol. The maximum absolute atomic E-state index is 8.67. The molecule has 0 unspecified atom stereocenters. The number of nitrogens with one attached hydrogen (secondary N) is 1. The van der Waals surface area contributed by atoms with Crippen molar-refractivity contribution in [3.05, 3.63) is 30.3 Å². The standard InChI is InChI=1S/C13H19NOS/c15-8-4-7-14-11-9-13(10-11)16-12-5-2-1-3-6-12/h1-3,5-6,11,13-15H,4,7-10H2. The zero-order chi connectivity index (χ0) is 11.2. The van der Waals surface area contributed by atoms with Gasteiger partial charge in [-0.05, 0) is 37.9 Å². The fourth-order valence-corrected chi connectivity index (χ4v) is 3.26. The van der Waals surface area contributed by atoms with Crippen LogP contribution in [0.3, 0.4) is 0 Å². The molecule has 1 aliphatic rings. The van der Waals surface area contributed by atoms with Crippen LogP contribution in [-0.2, 0) is 0 Å². The van der Waals surface area contributed by atoms with Crippen LogP contribution in [0.1, 0.15) is 19.3 Å². The highest BCUT2D eigenvalue weighted by atomic mass is 32.2. The second-order valence-corrected chi connectivity index (χ2v) is 5.63. The second-order valence-electron chi connectivity index (χ2n) is 4.25. The van der Waals surface area contributed by atoms with Crippen molar-refractivity contribution in [2.24, 2.45) is 0 Å². The molecule has 0 saturated heterocycles. The van der Waals surface area contributed by atoms with Crippen molar-refractivity contribution in [2.75, 3.05) is 13.2 Å². The van der Waals surface area contributed by atoms with Crippen molar-refractivity contribution in [1.82, 2.24) is 5.32 Å². The minimum absolute atomic E-state index is 0.294. The molecule has 2 nitrogen and oxygen atoms in total. The summed E-state index contributed by atoms with van der Waals surface area (Å²) in [6.07, 6.45) is 3.38. The minimum Gasteiger partial charge on any atom is -0.396 e. The molecule has 0 aromatic heterocycles. The van der Waals surface area contributed by atoms with Gasteiger partial charge < -0.3 is 10.4 Å². The van der Waals surface area contributed by atoms with Crippen LogP contribution in [0.25, 0.3) is 0 Å². The number of hydrogen-bond acceptors (Lipinski definition) is 3. The molecule has 0 spiro atoms. The highest BCUT2D eigenvalue weighted by Gasteiger charge is 2.28. The van der Waals surface area contributed by atoms with Gasteiger partial charge in [-0.3, -0.25) is 0 Å². The van der Waals surface area contributed by atoms with Crippen LogP contribution in [0.15, 0.2) is 35.2 Å². The van der Waals surface area contributed by atoms with E-state index in [1.165, 1.54) is 17.7 Å². The zero-order valence-electron chi connectivity index (χ0n) is 9.43. The summed E-state index contributed by atoms with van der Waals surface area (Å²) in [6, 6.07) is 11.3. The number of hydrogen-bond donors (Lipinski definition) is 2. The van der Waals surface area contributed by atoms with Gasteiger partial charge in [0.05, 0.1) is 0 Å². The molecular weight excluding hydrogens is 218 g/mol. The highest BCUT2D eigenvalue weighted by Crippen LogP contribution is 2.36. The molecule has 0 atom stereocenters. The van der Waals surface area contributed by atoms with Crippen molar-refractivity contribution in [2.45, 2.75) is 35.4 Å². The monoisotopic (exact) mass is 237 g/mol. The van der Waals surface area contributed by atoms with Gasteiger partial charge in [0.15, 0.2) is 0 Å². The normalized spacial score (nSPS) is 24.1. The van der Waals surface area contributed by atoms with Crippen molar-refractivity contribution in [3.8, 4) is 0 Å². The third-order valence-electron chi connectivity index (χ3n) is 2.91. The Balaban J connectivity index is 1.62. The molecular formula is C13H19NOS. The quantitative estimate of drug-likeness (QED) is 0.745. The molecule has 0 aliphatic heterocycles. The van der Waals surface area contributed by atoms with E-state index in [1.807, 2.05) is 11.8 Å². The van der Waals surface area contributed by atoms with Gasteiger partial charge in [-0.25, -0.2) is 0 Å². The average Bonchev–Trinajstić information content (AvgIpc) is 2.27. The van der Waals surface area contributed by atoms with Gasteiger partial charge in [0.25, 0.3) is 0 Å². The molecule has 1 aromatic rings. The maximum atomic E-state index is 8.67. The van der Waals surface area contributed by atoms with Crippen molar-refractivity contribution in [1.29, 1.82) is 0 Å². The molecule has 0 amide bonds. The van der Waals surface area contributed by atoms with Gasteiger partial charge in [-0.15, -0.1) is 11.8 Å². The molecule has 1 fully saturated rings. The van der Waals surface area contributed by atoms with E-state index < -0.39 is 0 Å². The van der Waals surface area contributed by atoms with E-state index in [1.54, 1.807) is 0 Å². The fourth-order valence-electron chi connectivity index (χ4n) is 1.91. The third kappa shape index (κ3) is 3.51. The zero-order valence-corrected chi connectivity index (χ0v) is 10.2. The molecule has 2 rings (SSSR count). The van der Waals surface area contributed by atoms with E-state index in [4.69, 9.17) is 5.11 Å². The van der Waals surface area contributed by atoms with Crippen molar-refractivity contribution >= 4 is 11.8 Å². The molecule has 1 aromatic carbocycles. The van der Waals surface area contributed by atoms with Gasteiger partial charge >= 0.3 is 0 Å². The lowest BCUT2D eigenvalue weighted by molar-refractivity contribution is 0.273. The Morgan fingerprint density at radius 3 is 2.69 bits per heavy atom. The SMILES string of the molecule is OCCCNC1CC(Sc2ccccc2)C1. The molecule has 0 bridgehead atoms. The molecule has 1 aliphatic carbocycles. The molecule has 1 saturated carbocycles. The number of aliphatic hydroxyl groups excluding tert-OH is 1. The Labute approximate surface area is 101 Å². The van der Waals surface area contributed by atoms with Crippen LogP contribution in [0, 0.1) is 0 Å². The third-order valence-corrected chi connectivity index (χ3v) is 4.17. The first-order chi connectivity index (χ1) is 7.88. The molecule has 0 radical (unpaired) electrons. The maximum Gasteiger partial charge on any atom is 0.0443 e. The Morgan fingerprint density at radius 2 is 2.00 bits per heavy atom. The van der Waals surface area contributed by atoms with Crippen LogP contribution < -0.4 is 5.32 Å². The topological polar surface area (TPSA) is 32.3 Å².